The molecule has 5 heteroatoms. The summed E-state index contributed by atoms with van der Waals surface area (Å²) in [7, 11) is 0. The molecule has 0 aliphatic heterocycles. The molecular formula is C4H8N4S. The molecule has 0 atom stereocenters. The molecule has 4 nitrogen and oxygen atoms in total. The van der Waals surface area contributed by atoms with Gasteiger partial charge < -0.3 is 5.32 Å². The van der Waals surface area contributed by atoms with E-state index in [2.05, 4.69) is 27.0 Å². The van der Waals surface area contributed by atoms with Crippen molar-refractivity contribution in [2.24, 2.45) is 0 Å². The van der Waals surface area contributed by atoms with Gasteiger partial charge in [0.25, 0.3) is 0 Å². The van der Waals surface area contributed by atoms with E-state index < -0.39 is 0 Å². The second-order valence-electron chi connectivity index (χ2n) is 1.54. The van der Waals surface area contributed by atoms with Crippen molar-refractivity contribution < 1.29 is 0 Å². The molecule has 0 radical (unpaired) electrons. The van der Waals surface area contributed by atoms with Crippen LogP contribution in [0.15, 0.2) is 0 Å². The summed E-state index contributed by atoms with van der Waals surface area (Å²) >= 11 is 1.33. The van der Waals surface area contributed by atoms with Crippen LogP contribution in [0.25, 0.3) is 0 Å². The molecule has 0 spiro atoms. The number of hydrogen-bond donors (Lipinski definition) is 1. The minimum absolute atomic E-state index is 0.786. The summed E-state index contributed by atoms with van der Waals surface area (Å²) in [5.74, 6) is 0. The van der Waals surface area contributed by atoms with Gasteiger partial charge in [-0.2, -0.15) is 0 Å². The lowest BCUT2D eigenvalue weighted by Gasteiger charge is -1.91. The first-order valence-corrected chi connectivity index (χ1v) is 3.55. The van der Waals surface area contributed by atoms with Crippen LogP contribution in [0.1, 0.15) is 11.9 Å². The molecule has 0 fully saturated rings. The van der Waals surface area contributed by atoms with Crippen molar-refractivity contribution >= 4 is 11.5 Å². The van der Waals surface area contributed by atoms with Crippen molar-refractivity contribution in [2.75, 3.05) is 6.54 Å². The third-order valence-electron chi connectivity index (χ3n) is 0.865. The maximum absolute atomic E-state index is 3.75. The molecule has 0 saturated carbocycles. The number of aromatic nitrogens is 3. The lowest BCUT2D eigenvalue weighted by atomic mass is 10.6. The number of nitrogens with one attached hydrogen (secondary N) is 1. The summed E-state index contributed by atoms with van der Waals surface area (Å²) < 4.78 is 3.62. The molecule has 0 saturated heterocycles. The predicted molar refractivity (Wildman–Crippen MR) is 35.1 cm³/mol. The van der Waals surface area contributed by atoms with Gasteiger partial charge in [0.1, 0.15) is 0 Å². The number of nitrogens with zero attached hydrogens (tertiary/aromatic N) is 3. The summed E-state index contributed by atoms with van der Waals surface area (Å²) in [6, 6.07) is 0. The van der Waals surface area contributed by atoms with E-state index in [1.54, 1.807) is 0 Å². The van der Waals surface area contributed by atoms with Crippen molar-refractivity contribution in [1.82, 2.24) is 20.1 Å². The fourth-order valence-electron chi connectivity index (χ4n) is 0.451. The Kier molecular flexibility index (Phi) is 2.53. The third kappa shape index (κ3) is 2.03. The zero-order chi connectivity index (χ0) is 6.53. The fourth-order valence-corrected chi connectivity index (χ4v) is 0.858. The zero-order valence-electron chi connectivity index (χ0n) is 5.16. The van der Waals surface area contributed by atoms with Crippen molar-refractivity contribution in [3.63, 3.8) is 0 Å². The SMILES string of the molecule is CCNCc1nnns1. The Balaban J connectivity index is 2.30. The average Bonchev–Trinajstić information content (AvgIpc) is 2.34. The van der Waals surface area contributed by atoms with Gasteiger partial charge in [0, 0.05) is 11.5 Å². The van der Waals surface area contributed by atoms with Gasteiger partial charge in [-0.1, -0.05) is 11.4 Å². The molecule has 0 amide bonds. The molecule has 0 aliphatic rings. The highest BCUT2D eigenvalue weighted by Gasteiger charge is 1.93. The highest BCUT2D eigenvalue weighted by Crippen LogP contribution is 1.94. The van der Waals surface area contributed by atoms with E-state index >= 15 is 0 Å². The van der Waals surface area contributed by atoms with E-state index in [4.69, 9.17) is 0 Å². The van der Waals surface area contributed by atoms with Crippen molar-refractivity contribution in [1.29, 1.82) is 0 Å². The fraction of sp³-hybridized carbons (Fsp3) is 0.750. The minimum Gasteiger partial charge on any atom is -0.311 e. The molecule has 0 aromatic carbocycles. The normalized spacial score (nSPS) is 9.89. The van der Waals surface area contributed by atoms with Gasteiger partial charge in [0.05, 0.1) is 6.54 Å². The van der Waals surface area contributed by atoms with Crippen LogP contribution in [0.5, 0.6) is 0 Å². The van der Waals surface area contributed by atoms with E-state index in [0.717, 1.165) is 18.1 Å². The summed E-state index contributed by atoms with van der Waals surface area (Å²) in [5, 5.41) is 11.3. The van der Waals surface area contributed by atoms with Gasteiger partial charge in [-0.15, -0.1) is 5.10 Å². The van der Waals surface area contributed by atoms with Crippen LogP contribution in [0.4, 0.5) is 0 Å². The van der Waals surface area contributed by atoms with Gasteiger partial charge in [0.2, 0.25) is 0 Å². The maximum Gasteiger partial charge on any atom is 0.151 e. The summed E-state index contributed by atoms with van der Waals surface area (Å²) in [6.45, 7) is 3.79. The van der Waals surface area contributed by atoms with E-state index in [-0.39, 0.29) is 0 Å². The van der Waals surface area contributed by atoms with Crippen molar-refractivity contribution in [3.8, 4) is 0 Å². The molecule has 0 aliphatic carbocycles. The minimum atomic E-state index is 0.786. The molecule has 1 heterocycles. The average molecular weight is 144 g/mol. The Bertz CT molecular complexity index is 150. The molecule has 50 valence electrons. The first kappa shape index (κ1) is 6.57. The predicted octanol–water partition coefficient (Wildman–Crippen LogP) is 0.0426. The van der Waals surface area contributed by atoms with Crippen LogP contribution in [0.3, 0.4) is 0 Å². The van der Waals surface area contributed by atoms with Gasteiger partial charge in [-0.3, -0.25) is 0 Å². The standard InChI is InChI=1S/C4H8N4S/c1-2-5-3-4-6-7-8-9-4/h5H,2-3H2,1H3. The second-order valence-corrected chi connectivity index (χ2v) is 2.35. The van der Waals surface area contributed by atoms with Gasteiger partial charge in [-0.25, -0.2) is 0 Å². The largest absolute Gasteiger partial charge is 0.311 e. The van der Waals surface area contributed by atoms with Crippen LogP contribution < -0.4 is 5.32 Å². The van der Waals surface area contributed by atoms with Gasteiger partial charge in [-0.05, 0) is 11.8 Å². The Labute approximate surface area is 57.5 Å². The zero-order valence-corrected chi connectivity index (χ0v) is 5.98. The van der Waals surface area contributed by atoms with Crippen molar-refractivity contribution in [2.45, 2.75) is 13.5 Å². The van der Waals surface area contributed by atoms with E-state index in [1.165, 1.54) is 11.5 Å². The third-order valence-corrected chi connectivity index (χ3v) is 1.46. The number of hydrogen-bond acceptors (Lipinski definition) is 5. The molecule has 0 bridgehead atoms. The van der Waals surface area contributed by atoms with Crippen LogP contribution in [-0.2, 0) is 6.54 Å². The van der Waals surface area contributed by atoms with Gasteiger partial charge >= 0.3 is 0 Å². The molecule has 1 aromatic heterocycles. The summed E-state index contributed by atoms with van der Waals surface area (Å²) in [5.41, 5.74) is 0. The summed E-state index contributed by atoms with van der Waals surface area (Å²) in [6.07, 6.45) is 0. The second kappa shape index (κ2) is 3.47. The lowest BCUT2D eigenvalue weighted by Crippen LogP contribution is -2.11. The number of rotatable bonds is 3. The van der Waals surface area contributed by atoms with Crippen LogP contribution >= 0.6 is 11.5 Å². The van der Waals surface area contributed by atoms with E-state index in [0.29, 0.717) is 0 Å². The van der Waals surface area contributed by atoms with Crippen LogP contribution in [0, 0.1) is 0 Å². The molecule has 1 rings (SSSR count). The highest BCUT2D eigenvalue weighted by atomic mass is 32.1. The van der Waals surface area contributed by atoms with Gasteiger partial charge in [0.15, 0.2) is 5.01 Å². The van der Waals surface area contributed by atoms with Crippen LogP contribution in [0.2, 0.25) is 0 Å². The summed E-state index contributed by atoms with van der Waals surface area (Å²) in [4.78, 5) is 0. The maximum atomic E-state index is 3.75. The monoisotopic (exact) mass is 144 g/mol. The molecule has 1 N–H and O–H groups in total. The molecular weight excluding hydrogens is 136 g/mol. The topological polar surface area (TPSA) is 50.7 Å². The lowest BCUT2D eigenvalue weighted by molar-refractivity contribution is 0.712. The molecule has 0 unspecified atom stereocenters. The Morgan fingerprint density at radius 3 is 3.11 bits per heavy atom. The van der Waals surface area contributed by atoms with Crippen molar-refractivity contribution in [3.05, 3.63) is 5.01 Å². The quantitative estimate of drug-likeness (QED) is 0.651. The van der Waals surface area contributed by atoms with E-state index in [9.17, 15) is 0 Å². The molecule has 9 heavy (non-hydrogen) atoms. The van der Waals surface area contributed by atoms with Crippen LogP contribution in [-0.4, -0.2) is 21.3 Å². The van der Waals surface area contributed by atoms with E-state index in [1.807, 2.05) is 0 Å². The Morgan fingerprint density at radius 1 is 1.67 bits per heavy atom. The highest BCUT2D eigenvalue weighted by molar-refractivity contribution is 7.05. The Morgan fingerprint density at radius 2 is 2.56 bits per heavy atom. The molecule has 1 aromatic rings. The Hall–Kier alpha value is -0.550. The first-order valence-electron chi connectivity index (χ1n) is 2.78. The smallest absolute Gasteiger partial charge is 0.151 e. The first-order chi connectivity index (χ1) is 4.43.